The van der Waals surface area contributed by atoms with E-state index in [0.717, 1.165) is 0 Å². The van der Waals surface area contributed by atoms with Crippen LogP contribution in [-0.2, 0) is 0 Å². The van der Waals surface area contributed by atoms with Crippen LogP contribution >= 0.6 is 45.2 Å². The van der Waals surface area contributed by atoms with Crippen LogP contribution in [-0.4, -0.2) is 10.2 Å². The minimum absolute atomic E-state index is 0.187. The molecule has 0 spiro atoms. The Morgan fingerprint density at radius 1 is 1.00 bits per heavy atom. The van der Waals surface area contributed by atoms with Gasteiger partial charge in [-0.25, -0.2) is 0 Å². The molecule has 0 aliphatic heterocycles. The van der Waals surface area contributed by atoms with Gasteiger partial charge in [0, 0.05) is 0 Å². The fourth-order valence-corrected chi connectivity index (χ4v) is 2.29. The second-order valence-corrected chi connectivity index (χ2v) is 4.08. The summed E-state index contributed by atoms with van der Waals surface area (Å²) in [5.74, 6) is 0.422. The van der Waals surface area contributed by atoms with Crippen LogP contribution in [0.5, 0.6) is 11.5 Å². The number of halogens is 2. The number of phenols is 2. The third-order valence-electron chi connectivity index (χ3n) is 1.00. The predicted molar refractivity (Wildman–Crippen MR) is 55.2 cm³/mol. The Kier molecular flexibility index (Phi) is 2.61. The average molecular weight is 362 g/mol. The highest BCUT2D eigenvalue weighted by Crippen LogP contribution is 2.29. The Bertz CT molecular complexity index is 237. The molecule has 0 aromatic heterocycles. The molecule has 1 aromatic carbocycles. The van der Waals surface area contributed by atoms with Gasteiger partial charge in [0.15, 0.2) is 0 Å². The highest BCUT2D eigenvalue weighted by atomic mass is 127. The van der Waals surface area contributed by atoms with Crippen molar-refractivity contribution in [3.8, 4) is 11.5 Å². The van der Waals surface area contributed by atoms with Gasteiger partial charge in [-0.2, -0.15) is 0 Å². The van der Waals surface area contributed by atoms with Gasteiger partial charge in [0.25, 0.3) is 0 Å². The summed E-state index contributed by atoms with van der Waals surface area (Å²) in [6.07, 6.45) is 0. The third kappa shape index (κ3) is 1.66. The van der Waals surface area contributed by atoms with E-state index in [4.69, 9.17) is 5.11 Å². The number of benzene rings is 1. The molecule has 0 saturated carbocycles. The van der Waals surface area contributed by atoms with Crippen molar-refractivity contribution in [3.63, 3.8) is 0 Å². The Hall–Kier alpha value is 0.280. The number of hydrogen-bond donors (Lipinski definition) is 2. The van der Waals surface area contributed by atoms with E-state index in [1.165, 1.54) is 12.1 Å². The topological polar surface area (TPSA) is 40.5 Å². The molecule has 0 bridgehead atoms. The molecule has 0 amide bonds. The van der Waals surface area contributed by atoms with E-state index in [0.29, 0.717) is 7.14 Å². The SMILES string of the molecule is Oc1cc(I)c(O)c(I)c1. The molecular weight excluding hydrogens is 358 g/mol. The lowest BCUT2D eigenvalue weighted by molar-refractivity contribution is 0.453. The van der Waals surface area contributed by atoms with Crippen LogP contribution in [0.1, 0.15) is 0 Å². The predicted octanol–water partition coefficient (Wildman–Crippen LogP) is 2.31. The van der Waals surface area contributed by atoms with E-state index in [9.17, 15) is 5.11 Å². The molecule has 0 fully saturated rings. The summed E-state index contributed by atoms with van der Waals surface area (Å²) < 4.78 is 1.34. The van der Waals surface area contributed by atoms with Crippen molar-refractivity contribution in [2.45, 2.75) is 0 Å². The van der Waals surface area contributed by atoms with Crippen LogP contribution < -0.4 is 0 Å². The molecule has 2 N–H and O–H groups in total. The number of aromatic hydroxyl groups is 2. The number of rotatable bonds is 0. The molecule has 0 aliphatic rings. The molecule has 1 rings (SSSR count). The normalized spacial score (nSPS) is 9.80. The van der Waals surface area contributed by atoms with Gasteiger partial charge in [-0.05, 0) is 57.3 Å². The van der Waals surface area contributed by atoms with Crippen LogP contribution in [0.4, 0.5) is 0 Å². The molecule has 0 unspecified atom stereocenters. The Morgan fingerprint density at radius 3 is 1.80 bits per heavy atom. The second-order valence-electron chi connectivity index (χ2n) is 1.76. The minimum Gasteiger partial charge on any atom is -0.508 e. The lowest BCUT2D eigenvalue weighted by Gasteiger charge is -1.99. The molecule has 0 aliphatic carbocycles. The summed E-state index contributed by atoms with van der Waals surface area (Å²) in [7, 11) is 0. The second kappa shape index (κ2) is 3.12. The van der Waals surface area contributed by atoms with E-state index in [1.807, 2.05) is 45.2 Å². The van der Waals surface area contributed by atoms with Gasteiger partial charge in [0.1, 0.15) is 11.5 Å². The molecule has 4 heteroatoms. The van der Waals surface area contributed by atoms with Crippen molar-refractivity contribution in [3.05, 3.63) is 19.3 Å². The van der Waals surface area contributed by atoms with E-state index < -0.39 is 0 Å². The van der Waals surface area contributed by atoms with Gasteiger partial charge < -0.3 is 10.2 Å². The quantitative estimate of drug-likeness (QED) is 0.550. The molecule has 0 heterocycles. The molecule has 1 aromatic rings. The zero-order valence-corrected chi connectivity index (χ0v) is 9.12. The summed E-state index contributed by atoms with van der Waals surface area (Å²) in [5, 5.41) is 18.2. The fourth-order valence-electron chi connectivity index (χ4n) is 0.552. The molecule has 0 saturated heterocycles. The standard InChI is InChI=1S/C6H4I2O2/c7-4-1-3(9)2-5(8)6(4)10/h1-2,9-10H. The summed E-state index contributed by atoms with van der Waals surface area (Å²) in [6.45, 7) is 0. The maximum atomic E-state index is 9.20. The van der Waals surface area contributed by atoms with E-state index in [1.54, 1.807) is 0 Å². The summed E-state index contributed by atoms with van der Waals surface area (Å²) in [5.41, 5.74) is 0. The van der Waals surface area contributed by atoms with Crippen molar-refractivity contribution < 1.29 is 10.2 Å². The largest absolute Gasteiger partial charge is 0.508 e. The average Bonchev–Trinajstić information content (AvgIpc) is 1.82. The van der Waals surface area contributed by atoms with Crippen molar-refractivity contribution in [2.24, 2.45) is 0 Å². The van der Waals surface area contributed by atoms with Gasteiger partial charge in [0.2, 0.25) is 0 Å². The highest BCUT2D eigenvalue weighted by molar-refractivity contribution is 14.1. The van der Waals surface area contributed by atoms with Crippen LogP contribution in [0, 0.1) is 7.14 Å². The first-order valence-electron chi connectivity index (χ1n) is 2.48. The van der Waals surface area contributed by atoms with Crippen molar-refractivity contribution >= 4 is 45.2 Å². The molecule has 0 radical (unpaired) electrons. The number of phenolic OH excluding ortho intramolecular Hbond substituents is 2. The smallest absolute Gasteiger partial charge is 0.142 e. The monoisotopic (exact) mass is 362 g/mol. The van der Waals surface area contributed by atoms with Gasteiger partial charge in [0.05, 0.1) is 7.14 Å². The lowest BCUT2D eigenvalue weighted by atomic mass is 10.3. The van der Waals surface area contributed by atoms with Gasteiger partial charge in [-0.1, -0.05) is 0 Å². The van der Waals surface area contributed by atoms with E-state index in [-0.39, 0.29) is 11.5 Å². The molecular formula is C6H4I2O2. The third-order valence-corrected chi connectivity index (χ3v) is 2.65. The van der Waals surface area contributed by atoms with Crippen molar-refractivity contribution in [2.75, 3.05) is 0 Å². The Labute approximate surface area is 85.5 Å². The molecule has 10 heavy (non-hydrogen) atoms. The Morgan fingerprint density at radius 2 is 1.40 bits per heavy atom. The first-order valence-corrected chi connectivity index (χ1v) is 4.64. The van der Waals surface area contributed by atoms with Crippen LogP contribution in [0.3, 0.4) is 0 Å². The van der Waals surface area contributed by atoms with Gasteiger partial charge >= 0.3 is 0 Å². The van der Waals surface area contributed by atoms with E-state index >= 15 is 0 Å². The van der Waals surface area contributed by atoms with E-state index in [2.05, 4.69) is 0 Å². The zero-order chi connectivity index (χ0) is 7.72. The van der Waals surface area contributed by atoms with Crippen molar-refractivity contribution in [1.29, 1.82) is 0 Å². The minimum atomic E-state index is 0.187. The van der Waals surface area contributed by atoms with Gasteiger partial charge in [-0.15, -0.1) is 0 Å². The summed E-state index contributed by atoms with van der Waals surface area (Å²) >= 11 is 3.92. The lowest BCUT2D eigenvalue weighted by Crippen LogP contribution is -1.78. The van der Waals surface area contributed by atoms with Crippen molar-refractivity contribution in [1.82, 2.24) is 0 Å². The fraction of sp³-hybridized carbons (Fsp3) is 0. The van der Waals surface area contributed by atoms with Gasteiger partial charge in [-0.3, -0.25) is 0 Å². The highest BCUT2D eigenvalue weighted by Gasteiger charge is 2.03. The Balaban J connectivity index is 3.31. The maximum absolute atomic E-state index is 9.20. The zero-order valence-electron chi connectivity index (χ0n) is 4.81. The molecule has 2 nitrogen and oxygen atoms in total. The first kappa shape index (κ1) is 8.38. The molecule has 0 atom stereocenters. The maximum Gasteiger partial charge on any atom is 0.142 e. The van der Waals surface area contributed by atoms with Crippen LogP contribution in [0.15, 0.2) is 12.1 Å². The molecule has 54 valence electrons. The first-order chi connectivity index (χ1) is 4.61. The summed E-state index contributed by atoms with van der Waals surface area (Å²) in [4.78, 5) is 0. The number of hydrogen-bond acceptors (Lipinski definition) is 2. The van der Waals surface area contributed by atoms with Crippen LogP contribution in [0.2, 0.25) is 0 Å². The summed E-state index contributed by atoms with van der Waals surface area (Å²) in [6, 6.07) is 3.02. The van der Waals surface area contributed by atoms with Crippen LogP contribution in [0.25, 0.3) is 0 Å².